The van der Waals surface area contributed by atoms with Crippen molar-refractivity contribution in [1.29, 1.82) is 0 Å². The Kier molecular flexibility index (Phi) is 2.74. The number of hydrogen-bond donors (Lipinski definition) is 1. The monoisotopic (exact) mass is 264 g/mol. The van der Waals surface area contributed by atoms with Gasteiger partial charge in [0.05, 0.1) is 4.92 Å². The van der Waals surface area contributed by atoms with Gasteiger partial charge in [-0.2, -0.15) is 0 Å². The number of rotatable bonds is 2. The summed E-state index contributed by atoms with van der Waals surface area (Å²) in [7, 11) is 0. The summed E-state index contributed by atoms with van der Waals surface area (Å²) in [5, 5.41) is 21.7. The molecule has 0 fully saturated rings. The lowest BCUT2D eigenvalue weighted by Crippen LogP contribution is -2.14. The number of fused-ring (bicyclic) bond motifs is 1. The van der Waals surface area contributed by atoms with E-state index < -0.39 is 21.2 Å². The molecule has 19 heavy (non-hydrogen) atoms. The zero-order valence-corrected chi connectivity index (χ0v) is 9.96. The molecule has 1 N–H and O–H groups in total. The Bertz CT molecular complexity index is 780. The number of aryl methyl sites for hydroxylation is 1. The Morgan fingerprint density at radius 2 is 1.84 bits per heavy atom. The van der Waals surface area contributed by atoms with Crippen LogP contribution in [0.3, 0.4) is 0 Å². The zero-order valence-electron chi connectivity index (χ0n) is 9.96. The van der Waals surface area contributed by atoms with Gasteiger partial charge in [-0.3, -0.25) is 14.9 Å². The molecule has 0 saturated heterocycles. The molecular formula is C10H8N4O5. The van der Waals surface area contributed by atoms with E-state index in [1.54, 1.807) is 6.92 Å². The fourth-order valence-corrected chi connectivity index (χ4v) is 1.78. The summed E-state index contributed by atoms with van der Waals surface area (Å²) in [6.45, 7) is 3.16. The van der Waals surface area contributed by atoms with E-state index in [1.807, 2.05) is 0 Å². The molecule has 0 atom stereocenters. The van der Waals surface area contributed by atoms with Crippen LogP contribution in [0.4, 0.5) is 11.5 Å². The maximum absolute atomic E-state index is 11.4. The summed E-state index contributed by atoms with van der Waals surface area (Å²) in [5.74, 6) is -0.959. The highest BCUT2D eigenvalue weighted by Gasteiger charge is 2.27. The van der Waals surface area contributed by atoms with E-state index in [0.29, 0.717) is 11.1 Å². The van der Waals surface area contributed by atoms with Crippen LogP contribution >= 0.6 is 0 Å². The van der Waals surface area contributed by atoms with Gasteiger partial charge in [-0.05, 0) is 35.4 Å². The molecule has 0 unspecified atom stereocenters. The molecule has 9 heteroatoms. The largest absolute Gasteiger partial charge is 0.430 e. The van der Waals surface area contributed by atoms with Crippen LogP contribution in [0.2, 0.25) is 0 Å². The van der Waals surface area contributed by atoms with Crippen molar-refractivity contribution in [2.45, 2.75) is 13.8 Å². The van der Waals surface area contributed by atoms with Gasteiger partial charge in [0.2, 0.25) is 0 Å². The molecule has 0 aliphatic carbocycles. The van der Waals surface area contributed by atoms with Crippen molar-refractivity contribution < 1.29 is 9.85 Å². The topological polar surface area (TPSA) is 132 Å². The van der Waals surface area contributed by atoms with Crippen molar-refractivity contribution in [2.75, 3.05) is 0 Å². The number of aromatic nitrogens is 2. The molecule has 2 rings (SSSR count). The average molecular weight is 264 g/mol. The SMILES string of the molecule is Cc1cc2[nH]c(=O)c([N+](=O)[O-])nc2c([N+](=O)[O-])c1C. The van der Waals surface area contributed by atoms with Crippen molar-refractivity contribution in [1.82, 2.24) is 9.97 Å². The standard InChI is InChI=1S/C10H8N4O5/c1-4-3-6-7(8(5(4)2)13(16)17)12-9(14(18)19)10(15)11-6/h3H,1-2H3,(H,11,15). The van der Waals surface area contributed by atoms with Crippen LogP contribution in [0.5, 0.6) is 0 Å². The van der Waals surface area contributed by atoms with E-state index >= 15 is 0 Å². The minimum absolute atomic E-state index is 0.102. The molecule has 1 aromatic carbocycles. The summed E-state index contributed by atoms with van der Waals surface area (Å²) < 4.78 is 0. The Balaban J connectivity index is 3.02. The predicted octanol–water partition coefficient (Wildman–Crippen LogP) is 1.36. The lowest BCUT2D eigenvalue weighted by molar-refractivity contribution is -0.391. The molecule has 2 aromatic rings. The Hall–Kier alpha value is -2.84. The first kappa shape index (κ1) is 12.6. The molecule has 1 aromatic heterocycles. The minimum Gasteiger partial charge on any atom is -0.358 e. The van der Waals surface area contributed by atoms with Crippen molar-refractivity contribution in [2.24, 2.45) is 0 Å². The van der Waals surface area contributed by atoms with Crippen molar-refractivity contribution in [3.8, 4) is 0 Å². The van der Waals surface area contributed by atoms with Gasteiger partial charge in [0, 0.05) is 5.56 Å². The van der Waals surface area contributed by atoms with Gasteiger partial charge >= 0.3 is 17.1 Å². The third-order valence-electron chi connectivity index (χ3n) is 2.81. The first-order valence-corrected chi connectivity index (χ1v) is 5.16. The van der Waals surface area contributed by atoms with Gasteiger partial charge in [0.1, 0.15) is 5.52 Å². The predicted molar refractivity (Wildman–Crippen MR) is 65.1 cm³/mol. The van der Waals surface area contributed by atoms with E-state index in [4.69, 9.17) is 0 Å². The first-order valence-electron chi connectivity index (χ1n) is 5.16. The second-order valence-corrected chi connectivity index (χ2v) is 3.97. The summed E-state index contributed by atoms with van der Waals surface area (Å²) in [5.41, 5.74) is -0.481. The minimum atomic E-state index is -0.991. The summed E-state index contributed by atoms with van der Waals surface area (Å²) >= 11 is 0. The number of aromatic amines is 1. The fourth-order valence-electron chi connectivity index (χ4n) is 1.78. The molecule has 9 nitrogen and oxygen atoms in total. The van der Waals surface area contributed by atoms with Crippen LogP contribution in [0, 0.1) is 34.1 Å². The number of nitro groups is 2. The number of nitrogens with zero attached hydrogens (tertiary/aromatic N) is 3. The lowest BCUT2D eigenvalue weighted by Gasteiger charge is -2.03. The van der Waals surface area contributed by atoms with Gasteiger partial charge in [0.25, 0.3) is 5.52 Å². The summed E-state index contributed by atoms with van der Waals surface area (Å²) in [6, 6.07) is 1.50. The van der Waals surface area contributed by atoms with Crippen LogP contribution in [-0.4, -0.2) is 19.8 Å². The maximum Gasteiger partial charge on any atom is 0.430 e. The van der Waals surface area contributed by atoms with E-state index in [-0.39, 0.29) is 16.7 Å². The smallest absolute Gasteiger partial charge is 0.358 e. The van der Waals surface area contributed by atoms with E-state index in [0.717, 1.165) is 0 Å². The highest BCUT2D eigenvalue weighted by Crippen LogP contribution is 2.29. The lowest BCUT2D eigenvalue weighted by atomic mass is 10.1. The number of hydrogen-bond acceptors (Lipinski definition) is 6. The number of nitrogens with one attached hydrogen (secondary N) is 1. The van der Waals surface area contributed by atoms with Crippen molar-refractivity contribution in [3.63, 3.8) is 0 Å². The molecule has 0 radical (unpaired) electrons. The molecular weight excluding hydrogens is 256 g/mol. The van der Waals surface area contributed by atoms with Gasteiger partial charge in [0.15, 0.2) is 0 Å². The van der Waals surface area contributed by atoms with Gasteiger partial charge < -0.3 is 15.1 Å². The number of nitro benzene ring substituents is 1. The molecule has 0 bridgehead atoms. The molecule has 0 amide bonds. The average Bonchev–Trinajstić information content (AvgIpc) is 2.29. The van der Waals surface area contributed by atoms with Crippen LogP contribution in [-0.2, 0) is 0 Å². The zero-order chi connectivity index (χ0) is 14.3. The highest BCUT2D eigenvalue weighted by molar-refractivity contribution is 5.87. The highest BCUT2D eigenvalue weighted by atomic mass is 16.6. The van der Waals surface area contributed by atoms with Gasteiger partial charge in [-0.25, -0.2) is 0 Å². The van der Waals surface area contributed by atoms with Crippen LogP contribution in [0.15, 0.2) is 10.9 Å². The quantitative estimate of drug-likeness (QED) is 0.643. The van der Waals surface area contributed by atoms with Gasteiger partial charge in [-0.1, -0.05) is 0 Å². The summed E-state index contributed by atoms with van der Waals surface area (Å²) in [6.07, 6.45) is 0. The number of benzene rings is 1. The third-order valence-corrected chi connectivity index (χ3v) is 2.81. The van der Waals surface area contributed by atoms with Gasteiger partial charge in [-0.15, -0.1) is 0 Å². The van der Waals surface area contributed by atoms with Crippen molar-refractivity contribution >= 4 is 22.5 Å². The third kappa shape index (κ3) is 1.90. The maximum atomic E-state index is 11.4. The Labute approximate surface area is 105 Å². The second kappa shape index (κ2) is 4.12. The second-order valence-electron chi connectivity index (χ2n) is 3.97. The molecule has 1 heterocycles. The molecule has 0 spiro atoms. The van der Waals surface area contributed by atoms with Crippen molar-refractivity contribution in [3.05, 3.63) is 47.8 Å². The molecule has 0 saturated carbocycles. The summed E-state index contributed by atoms with van der Waals surface area (Å²) in [4.78, 5) is 37.2. The Morgan fingerprint density at radius 1 is 1.21 bits per heavy atom. The number of H-pyrrole nitrogens is 1. The molecule has 98 valence electrons. The van der Waals surface area contributed by atoms with Crippen LogP contribution < -0.4 is 5.56 Å². The first-order chi connectivity index (χ1) is 8.82. The normalized spacial score (nSPS) is 10.6. The van der Waals surface area contributed by atoms with Crippen LogP contribution in [0.1, 0.15) is 11.1 Å². The Morgan fingerprint density at radius 3 is 2.37 bits per heavy atom. The van der Waals surface area contributed by atoms with E-state index in [1.165, 1.54) is 13.0 Å². The molecule has 0 aliphatic heterocycles. The molecule has 0 aliphatic rings. The van der Waals surface area contributed by atoms with Crippen LogP contribution in [0.25, 0.3) is 11.0 Å². The fraction of sp³-hybridized carbons (Fsp3) is 0.200. The van der Waals surface area contributed by atoms with E-state index in [2.05, 4.69) is 9.97 Å². The van der Waals surface area contributed by atoms with E-state index in [9.17, 15) is 25.0 Å².